The van der Waals surface area contributed by atoms with Crippen LogP contribution in [0.2, 0.25) is 0 Å². The predicted molar refractivity (Wildman–Crippen MR) is 101 cm³/mol. The van der Waals surface area contributed by atoms with Gasteiger partial charge >= 0.3 is 0 Å². The van der Waals surface area contributed by atoms with Gasteiger partial charge in [-0.1, -0.05) is 47.7 Å². The van der Waals surface area contributed by atoms with E-state index in [2.05, 4.69) is 69.1 Å². The molecule has 1 N–H and O–H groups in total. The summed E-state index contributed by atoms with van der Waals surface area (Å²) in [6.07, 6.45) is 0. The quantitative estimate of drug-likeness (QED) is 0.925. The second kappa shape index (κ2) is 6.78. The largest absolute Gasteiger partial charge is 0.365 e. The van der Waals surface area contributed by atoms with E-state index < -0.39 is 0 Å². The standard InChI is InChI=1S/C20H23N5O/c1-14(26)21-11-12-25-13-15-7-3-4-8-16(15)20-19(22-23-24(20)2)17-9-5-6-10-18(17)25/h3-10,19-20H,11-13H2,1-2H3,(H,21,26). The van der Waals surface area contributed by atoms with Gasteiger partial charge in [0.15, 0.2) is 0 Å². The molecular formula is C20H23N5O. The van der Waals surface area contributed by atoms with Crippen LogP contribution >= 0.6 is 0 Å². The molecule has 6 nitrogen and oxygen atoms in total. The zero-order chi connectivity index (χ0) is 18.1. The number of nitrogens with zero attached hydrogens (tertiary/aromatic N) is 4. The summed E-state index contributed by atoms with van der Waals surface area (Å²) in [6.45, 7) is 3.70. The first-order chi connectivity index (χ1) is 12.6. The fraction of sp³-hybridized carbons (Fsp3) is 0.350. The monoisotopic (exact) mass is 349 g/mol. The number of likely N-dealkylation sites (N-methyl/N-ethyl adjacent to an activating group) is 1. The van der Waals surface area contributed by atoms with Crippen LogP contribution in [-0.4, -0.2) is 31.1 Å². The van der Waals surface area contributed by atoms with Crippen molar-refractivity contribution in [3.05, 3.63) is 65.2 Å². The van der Waals surface area contributed by atoms with Crippen molar-refractivity contribution in [1.29, 1.82) is 0 Å². The molecule has 0 aromatic heterocycles. The fourth-order valence-electron chi connectivity index (χ4n) is 3.91. The van der Waals surface area contributed by atoms with Gasteiger partial charge in [0.2, 0.25) is 5.91 Å². The summed E-state index contributed by atoms with van der Waals surface area (Å²) in [6, 6.07) is 17.0. The van der Waals surface area contributed by atoms with E-state index >= 15 is 0 Å². The Bertz CT molecular complexity index is 850. The summed E-state index contributed by atoms with van der Waals surface area (Å²) in [5.41, 5.74) is 4.89. The van der Waals surface area contributed by atoms with Crippen molar-refractivity contribution < 1.29 is 4.79 Å². The van der Waals surface area contributed by atoms with Crippen molar-refractivity contribution >= 4 is 11.6 Å². The molecule has 0 aliphatic carbocycles. The van der Waals surface area contributed by atoms with Gasteiger partial charge in [0.25, 0.3) is 0 Å². The highest BCUT2D eigenvalue weighted by molar-refractivity contribution is 5.72. The smallest absolute Gasteiger partial charge is 0.216 e. The number of hydrogen-bond donors (Lipinski definition) is 1. The predicted octanol–water partition coefficient (Wildman–Crippen LogP) is 3.24. The Morgan fingerprint density at radius 1 is 1.15 bits per heavy atom. The molecule has 1 amide bonds. The van der Waals surface area contributed by atoms with Crippen LogP contribution < -0.4 is 10.2 Å². The minimum atomic E-state index is -0.0269. The Kier molecular flexibility index (Phi) is 4.32. The lowest BCUT2D eigenvalue weighted by atomic mass is 9.88. The molecule has 2 aromatic rings. The first-order valence-electron chi connectivity index (χ1n) is 8.95. The number of para-hydroxylation sites is 1. The van der Waals surface area contributed by atoms with E-state index in [1.54, 1.807) is 6.92 Å². The molecule has 26 heavy (non-hydrogen) atoms. The number of anilines is 1. The molecule has 0 bridgehead atoms. The van der Waals surface area contributed by atoms with E-state index in [9.17, 15) is 4.79 Å². The molecule has 6 heteroatoms. The van der Waals surface area contributed by atoms with Gasteiger partial charge in [-0.15, -0.1) is 0 Å². The molecule has 2 unspecified atom stereocenters. The second-order valence-corrected chi connectivity index (χ2v) is 6.83. The van der Waals surface area contributed by atoms with Crippen LogP contribution in [0.1, 0.15) is 35.7 Å². The highest BCUT2D eigenvalue weighted by Gasteiger charge is 2.37. The Hall–Kier alpha value is -2.89. The van der Waals surface area contributed by atoms with Crippen molar-refractivity contribution in [1.82, 2.24) is 10.3 Å². The summed E-state index contributed by atoms with van der Waals surface area (Å²) >= 11 is 0. The normalized spacial score (nSPS) is 20.7. The number of nitrogens with one attached hydrogen (secondary N) is 1. The summed E-state index contributed by atoms with van der Waals surface area (Å²) in [4.78, 5) is 13.6. The molecule has 0 spiro atoms. The highest BCUT2D eigenvalue weighted by Crippen LogP contribution is 2.47. The van der Waals surface area contributed by atoms with E-state index in [0.717, 1.165) is 18.8 Å². The van der Waals surface area contributed by atoms with Crippen molar-refractivity contribution in [2.24, 2.45) is 10.3 Å². The lowest BCUT2D eigenvalue weighted by Crippen LogP contribution is -2.36. The Balaban J connectivity index is 1.78. The third-order valence-electron chi connectivity index (χ3n) is 5.11. The van der Waals surface area contributed by atoms with Crippen molar-refractivity contribution in [3.8, 4) is 0 Å². The molecule has 134 valence electrons. The topological polar surface area (TPSA) is 60.3 Å². The van der Waals surface area contributed by atoms with Gasteiger partial charge in [0, 0.05) is 44.9 Å². The second-order valence-electron chi connectivity index (χ2n) is 6.83. The van der Waals surface area contributed by atoms with E-state index in [0.29, 0.717) is 6.54 Å². The summed E-state index contributed by atoms with van der Waals surface area (Å²) in [5, 5.41) is 13.8. The first kappa shape index (κ1) is 16.6. The molecular weight excluding hydrogens is 326 g/mol. The van der Waals surface area contributed by atoms with E-state index in [1.807, 2.05) is 12.1 Å². The summed E-state index contributed by atoms with van der Waals surface area (Å²) < 4.78 is 0. The van der Waals surface area contributed by atoms with Gasteiger partial charge in [-0.2, -0.15) is 5.11 Å². The Morgan fingerprint density at radius 3 is 2.69 bits per heavy atom. The van der Waals surface area contributed by atoms with E-state index in [-0.39, 0.29) is 18.0 Å². The fourth-order valence-corrected chi connectivity index (χ4v) is 3.91. The molecule has 2 atom stereocenters. The lowest BCUT2D eigenvalue weighted by molar-refractivity contribution is -0.118. The van der Waals surface area contributed by atoms with Gasteiger partial charge in [-0.05, 0) is 17.2 Å². The van der Waals surface area contributed by atoms with Crippen molar-refractivity contribution in [3.63, 3.8) is 0 Å². The molecule has 2 aromatic carbocycles. The van der Waals surface area contributed by atoms with Gasteiger partial charge in [-0.3, -0.25) is 9.80 Å². The van der Waals surface area contributed by atoms with Gasteiger partial charge in [0.05, 0.1) is 0 Å². The van der Waals surface area contributed by atoms with Crippen molar-refractivity contribution in [2.75, 3.05) is 25.0 Å². The van der Waals surface area contributed by atoms with Crippen LogP contribution in [0.3, 0.4) is 0 Å². The average Bonchev–Trinajstić information content (AvgIpc) is 3.01. The molecule has 0 saturated heterocycles. The molecule has 0 fully saturated rings. The lowest BCUT2D eigenvalue weighted by Gasteiger charge is -2.35. The third-order valence-corrected chi connectivity index (χ3v) is 5.11. The molecule has 0 radical (unpaired) electrons. The average molecular weight is 349 g/mol. The Morgan fingerprint density at radius 2 is 1.88 bits per heavy atom. The van der Waals surface area contributed by atoms with Gasteiger partial charge < -0.3 is 10.2 Å². The van der Waals surface area contributed by atoms with Crippen molar-refractivity contribution in [2.45, 2.75) is 25.6 Å². The number of amides is 1. The number of carbonyl (C=O) groups excluding carboxylic acids is 1. The third kappa shape index (κ3) is 2.92. The first-order valence-corrected chi connectivity index (χ1v) is 8.95. The van der Waals surface area contributed by atoms with Gasteiger partial charge in [0.1, 0.15) is 12.1 Å². The molecule has 4 rings (SSSR count). The molecule has 0 saturated carbocycles. The van der Waals surface area contributed by atoms with Crippen LogP contribution in [0.15, 0.2) is 58.9 Å². The number of fused-ring (bicyclic) bond motifs is 5. The minimum absolute atomic E-state index is 0.00277. The molecule has 2 aliphatic rings. The summed E-state index contributed by atoms with van der Waals surface area (Å²) in [5.74, 6) is -0.00277. The van der Waals surface area contributed by atoms with Crippen LogP contribution in [-0.2, 0) is 11.3 Å². The molecule has 2 heterocycles. The number of rotatable bonds is 3. The summed E-state index contributed by atoms with van der Waals surface area (Å²) in [7, 11) is 1.99. The number of benzene rings is 2. The molecule has 2 aliphatic heterocycles. The van der Waals surface area contributed by atoms with Gasteiger partial charge in [-0.25, -0.2) is 0 Å². The number of carbonyl (C=O) groups is 1. The van der Waals surface area contributed by atoms with E-state index in [4.69, 9.17) is 0 Å². The number of hydrogen-bond acceptors (Lipinski definition) is 5. The zero-order valence-corrected chi connectivity index (χ0v) is 15.1. The Labute approximate surface area is 153 Å². The highest BCUT2D eigenvalue weighted by atomic mass is 16.1. The van der Waals surface area contributed by atoms with Crippen LogP contribution in [0.5, 0.6) is 0 Å². The van der Waals surface area contributed by atoms with Crippen LogP contribution in [0.25, 0.3) is 0 Å². The maximum atomic E-state index is 11.3. The minimum Gasteiger partial charge on any atom is -0.365 e. The SMILES string of the molecule is CC(=O)NCCN1Cc2ccccc2C2C(N=NN2C)c2ccccc21. The van der Waals surface area contributed by atoms with E-state index in [1.165, 1.54) is 16.7 Å². The van der Waals surface area contributed by atoms with Crippen LogP contribution in [0.4, 0.5) is 5.69 Å². The maximum Gasteiger partial charge on any atom is 0.216 e. The maximum absolute atomic E-state index is 11.3. The zero-order valence-electron chi connectivity index (χ0n) is 15.1. The van der Waals surface area contributed by atoms with Crippen LogP contribution in [0, 0.1) is 0 Å².